The quantitative estimate of drug-likeness (QED) is 0.757. The lowest BCUT2D eigenvalue weighted by Gasteiger charge is -2.35. The number of nitrogens with zero attached hydrogens (tertiary/aromatic N) is 1. The number of rotatable bonds is 4. The van der Waals surface area contributed by atoms with E-state index in [1.54, 1.807) is 18.7 Å². The van der Waals surface area contributed by atoms with E-state index in [-0.39, 0.29) is 11.9 Å². The topological polar surface area (TPSA) is 49.8 Å². The number of hydrogen-bond acceptors (Lipinski definition) is 3. The molecular formula is C13H23NO3. The molecule has 0 spiro atoms. The first-order valence-electron chi connectivity index (χ1n) is 6.05. The van der Waals surface area contributed by atoms with Crippen molar-refractivity contribution in [3.8, 4) is 0 Å². The summed E-state index contributed by atoms with van der Waals surface area (Å²) >= 11 is 0. The Bertz CT molecular complexity index is 301. The van der Waals surface area contributed by atoms with Gasteiger partial charge in [0.1, 0.15) is 6.73 Å². The predicted molar refractivity (Wildman–Crippen MR) is 66.3 cm³/mol. The van der Waals surface area contributed by atoms with E-state index >= 15 is 0 Å². The molecule has 4 nitrogen and oxygen atoms in total. The summed E-state index contributed by atoms with van der Waals surface area (Å²) in [6.07, 6.45) is 0.760. The first-order chi connectivity index (χ1) is 7.84. The van der Waals surface area contributed by atoms with Crippen molar-refractivity contribution in [2.24, 2.45) is 11.3 Å². The average Bonchev–Trinajstić information content (AvgIpc) is 2.75. The van der Waals surface area contributed by atoms with E-state index in [4.69, 9.17) is 4.74 Å². The Labute approximate surface area is 103 Å². The van der Waals surface area contributed by atoms with Gasteiger partial charge in [0.15, 0.2) is 0 Å². The lowest BCUT2D eigenvalue weighted by molar-refractivity contribution is -0.146. The third-order valence-corrected chi connectivity index (χ3v) is 3.70. The average molecular weight is 241 g/mol. The Hall–Kier alpha value is -0.870. The van der Waals surface area contributed by atoms with Crippen LogP contribution in [0.2, 0.25) is 0 Å². The number of carbonyl (C=O) groups excluding carboxylic acids is 1. The van der Waals surface area contributed by atoms with E-state index in [2.05, 4.69) is 20.4 Å². The Morgan fingerprint density at radius 1 is 1.59 bits per heavy atom. The van der Waals surface area contributed by atoms with Crippen LogP contribution in [0.25, 0.3) is 0 Å². The first kappa shape index (κ1) is 14.2. The fourth-order valence-corrected chi connectivity index (χ4v) is 1.97. The molecule has 1 heterocycles. The zero-order chi connectivity index (χ0) is 13.2. The highest BCUT2D eigenvalue weighted by molar-refractivity contribution is 5.85. The van der Waals surface area contributed by atoms with Crippen LogP contribution in [-0.2, 0) is 9.53 Å². The third-order valence-electron chi connectivity index (χ3n) is 3.70. The van der Waals surface area contributed by atoms with Crippen LogP contribution in [0.1, 0.15) is 27.7 Å². The number of hydrogen-bond donors (Lipinski definition) is 1. The second-order valence-corrected chi connectivity index (χ2v) is 5.25. The summed E-state index contributed by atoms with van der Waals surface area (Å²) in [5, 5.41) is 9.77. The van der Waals surface area contributed by atoms with E-state index in [0.717, 1.165) is 0 Å². The molecule has 17 heavy (non-hydrogen) atoms. The number of carbonyl (C=O) groups is 1. The molecule has 98 valence electrons. The monoisotopic (exact) mass is 241 g/mol. The zero-order valence-corrected chi connectivity index (χ0v) is 11.1. The molecule has 1 N–H and O–H groups in total. The van der Waals surface area contributed by atoms with Gasteiger partial charge in [-0.2, -0.15) is 0 Å². The van der Waals surface area contributed by atoms with Gasteiger partial charge in [0.25, 0.3) is 0 Å². The summed E-state index contributed by atoms with van der Waals surface area (Å²) in [7, 11) is 0. The Kier molecular flexibility index (Phi) is 4.33. The van der Waals surface area contributed by atoms with E-state index in [9.17, 15) is 9.90 Å². The highest BCUT2D eigenvalue weighted by atomic mass is 16.5. The van der Waals surface area contributed by atoms with Crippen molar-refractivity contribution in [3.63, 3.8) is 0 Å². The minimum Gasteiger partial charge on any atom is -0.392 e. The van der Waals surface area contributed by atoms with Gasteiger partial charge in [-0.25, -0.2) is 0 Å². The highest BCUT2D eigenvalue weighted by Gasteiger charge is 2.43. The maximum Gasteiger partial charge on any atom is 0.237 e. The van der Waals surface area contributed by atoms with Crippen molar-refractivity contribution in [1.82, 2.24) is 4.90 Å². The van der Waals surface area contributed by atoms with Crippen molar-refractivity contribution >= 4 is 5.91 Å². The zero-order valence-electron chi connectivity index (χ0n) is 11.1. The fourth-order valence-electron chi connectivity index (χ4n) is 1.97. The van der Waals surface area contributed by atoms with Gasteiger partial charge in [0, 0.05) is 0 Å². The van der Waals surface area contributed by atoms with Crippen LogP contribution in [-0.4, -0.2) is 41.4 Å². The van der Waals surface area contributed by atoms with Gasteiger partial charge in [0.2, 0.25) is 5.91 Å². The van der Waals surface area contributed by atoms with Gasteiger partial charge in [-0.05, 0) is 19.8 Å². The van der Waals surface area contributed by atoms with Crippen LogP contribution in [0.4, 0.5) is 0 Å². The lowest BCUT2D eigenvalue weighted by Crippen LogP contribution is -2.50. The summed E-state index contributed by atoms with van der Waals surface area (Å²) in [6.45, 7) is 12.0. The van der Waals surface area contributed by atoms with Crippen LogP contribution in [0.3, 0.4) is 0 Å². The maximum atomic E-state index is 12.5. The van der Waals surface area contributed by atoms with Crippen molar-refractivity contribution in [2.75, 3.05) is 13.3 Å². The molecule has 2 unspecified atom stereocenters. The van der Waals surface area contributed by atoms with Crippen molar-refractivity contribution in [2.45, 2.75) is 39.8 Å². The highest BCUT2D eigenvalue weighted by Crippen LogP contribution is 2.30. The molecule has 1 saturated heterocycles. The normalized spacial score (nSPS) is 25.8. The summed E-state index contributed by atoms with van der Waals surface area (Å²) < 4.78 is 5.36. The molecule has 0 aliphatic carbocycles. The number of ether oxygens (including phenoxy) is 1. The molecule has 0 bridgehead atoms. The lowest BCUT2D eigenvalue weighted by atomic mass is 9.83. The number of amides is 1. The van der Waals surface area contributed by atoms with E-state index in [1.165, 1.54) is 6.08 Å². The molecular weight excluding hydrogens is 218 g/mol. The van der Waals surface area contributed by atoms with Gasteiger partial charge in [-0.3, -0.25) is 4.79 Å². The van der Waals surface area contributed by atoms with Crippen LogP contribution in [0.5, 0.6) is 0 Å². The molecule has 1 aliphatic rings. The molecule has 1 aliphatic heterocycles. The molecule has 0 aromatic rings. The predicted octanol–water partition coefficient (Wildman–Crippen LogP) is 1.40. The van der Waals surface area contributed by atoms with E-state index in [1.807, 2.05) is 0 Å². The smallest absolute Gasteiger partial charge is 0.237 e. The van der Waals surface area contributed by atoms with Crippen LogP contribution in [0, 0.1) is 11.3 Å². The second kappa shape index (κ2) is 5.19. The summed E-state index contributed by atoms with van der Waals surface area (Å²) in [5.41, 5.74) is -0.944. The largest absolute Gasteiger partial charge is 0.392 e. The van der Waals surface area contributed by atoms with Gasteiger partial charge in [0.05, 0.1) is 24.2 Å². The molecule has 0 aromatic heterocycles. The number of aliphatic hydroxyl groups is 1. The van der Waals surface area contributed by atoms with Gasteiger partial charge >= 0.3 is 0 Å². The molecule has 0 saturated carbocycles. The molecule has 1 amide bonds. The molecule has 1 rings (SSSR count). The van der Waals surface area contributed by atoms with Crippen molar-refractivity contribution < 1.29 is 14.6 Å². The molecule has 0 aromatic carbocycles. The van der Waals surface area contributed by atoms with E-state index < -0.39 is 11.5 Å². The molecule has 4 heteroatoms. The van der Waals surface area contributed by atoms with Gasteiger partial charge in [-0.15, -0.1) is 6.58 Å². The second-order valence-electron chi connectivity index (χ2n) is 5.25. The minimum absolute atomic E-state index is 0.0838. The maximum absolute atomic E-state index is 12.5. The van der Waals surface area contributed by atoms with Crippen molar-refractivity contribution in [3.05, 3.63) is 12.7 Å². The Morgan fingerprint density at radius 2 is 2.18 bits per heavy atom. The molecule has 3 atom stereocenters. The molecule has 1 fully saturated rings. The SMILES string of the molecule is C=CC(C)(C(=O)N1COC[C@@H]1C(C)C)C(C)O. The van der Waals surface area contributed by atoms with Gasteiger partial charge in [-0.1, -0.05) is 19.9 Å². The van der Waals surface area contributed by atoms with Crippen LogP contribution < -0.4 is 0 Å². The summed E-state index contributed by atoms with van der Waals surface area (Å²) in [6, 6.07) is 0.0838. The minimum atomic E-state index is -0.944. The Balaban J connectivity index is 2.92. The fraction of sp³-hybridized carbons (Fsp3) is 0.769. The Morgan fingerprint density at radius 3 is 2.59 bits per heavy atom. The summed E-state index contributed by atoms with van der Waals surface area (Å²) in [5.74, 6) is 0.225. The van der Waals surface area contributed by atoms with Gasteiger partial charge < -0.3 is 14.7 Å². The van der Waals surface area contributed by atoms with E-state index in [0.29, 0.717) is 19.3 Å². The first-order valence-corrected chi connectivity index (χ1v) is 6.05. The van der Waals surface area contributed by atoms with Crippen molar-refractivity contribution in [1.29, 1.82) is 0 Å². The number of aliphatic hydroxyl groups excluding tert-OH is 1. The van der Waals surface area contributed by atoms with Crippen LogP contribution >= 0.6 is 0 Å². The van der Waals surface area contributed by atoms with Crippen LogP contribution in [0.15, 0.2) is 12.7 Å². The standard InChI is InChI=1S/C13H23NO3/c1-6-13(5,10(4)15)12(16)14-8-17-7-11(14)9(2)3/h6,9-11,15H,1,7-8H2,2-5H3/t10?,11-,13?/m1/s1. The molecule has 0 radical (unpaired) electrons. The summed E-state index contributed by atoms with van der Waals surface area (Å²) in [4.78, 5) is 14.2. The third kappa shape index (κ3) is 2.53.